The maximum atomic E-state index is 11.0. The molecule has 0 fully saturated rings. The van der Waals surface area contributed by atoms with Crippen LogP contribution in [0.5, 0.6) is 5.88 Å². The fourth-order valence-corrected chi connectivity index (χ4v) is 1.11. The molecule has 1 rings (SSSR count). The van der Waals surface area contributed by atoms with Crippen LogP contribution in [0.15, 0.2) is 12.5 Å². The molecule has 0 bridgehead atoms. The molecule has 0 aliphatic carbocycles. The molecule has 1 aromatic heterocycles. The third-order valence-electron chi connectivity index (χ3n) is 1.74. The van der Waals surface area contributed by atoms with Crippen LogP contribution in [-0.4, -0.2) is 22.4 Å². The highest BCUT2D eigenvalue weighted by molar-refractivity contribution is 5.78. The summed E-state index contributed by atoms with van der Waals surface area (Å²) < 4.78 is 5.50. The van der Waals surface area contributed by atoms with Crippen LogP contribution < -0.4 is 4.74 Å². The maximum Gasteiger partial charge on any atom is 0.220 e. The smallest absolute Gasteiger partial charge is 0.220 e. The molecule has 0 aliphatic heterocycles. The molecule has 0 spiro atoms. The molecule has 0 radical (unpaired) electrons. The Morgan fingerprint density at radius 2 is 2.27 bits per heavy atom. The zero-order valence-electron chi connectivity index (χ0n) is 9.36. The molecule has 0 aromatic carbocycles. The lowest BCUT2D eigenvalue weighted by Crippen LogP contribution is -2.09. The first-order valence-electron chi connectivity index (χ1n) is 5.00. The van der Waals surface area contributed by atoms with Gasteiger partial charge >= 0.3 is 0 Å². The quantitative estimate of drug-likeness (QED) is 0.738. The van der Waals surface area contributed by atoms with Gasteiger partial charge < -0.3 is 4.74 Å². The van der Waals surface area contributed by atoms with E-state index in [0.29, 0.717) is 24.8 Å². The molecule has 82 valence electrons. The predicted molar refractivity (Wildman–Crippen MR) is 56.8 cm³/mol. The van der Waals surface area contributed by atoms with Gasteiger partial charge in [0.05, 0.1) is 6.61 Å². The maximum absolute atomic E-state index is 11.0. The summed E-state index contributed by atoms with van der Waals surface area (Å²) in [4.78, 5) is 18.9. The summed E-state index contributed by atoms with van der Waals surface area (Å²) in [7, 11) is 0. The summed E-state index contributed by atoms with van der Waals surface area (Å²) in [5.74, 6) is 1.04. The predicted octanol–water partition coefficient (Wildman–Crippen LogP) is 1.64. The van der Waals surface area contributed by atoms with Gasteiger partial charge in [0.15, 0.2) is 0 Å². The van der Waals surface area contributed by atoms with Crippen molar-refractivity contribution < 1.29 is 9.53 Å². The fourth-order valence-electron chi connectivity index (χ4n) is 1.11. The number of Topliss-reactive ketones (excluding diaryl/α,β-unsaturated/α-hetero) is 1. The molecule has 0 atom stereocenters. The number of nitrogens with zero attached hydrogens (tertiary/aromatic N) is 2. The van der Waals surface area contributed by atoms with Crippen LogP contribution in [0.1, 0.15) is 26.3 Å². The third-order valence-corrected chi connectivity index (χ3v) is 1.74. The lowest BCUT2D eigenvalue weighted by molar-refractivity contribution is -0.116. The summed E-state index contributed by atoms with van der Waals surface area (Å²) in [6.07, 6.45) is 3.39. The van der Waals surface area contributed by atoms with Gasteiger partial charge in [-0.3, -0.25) is 4.79 Å². The molecule has 15 heavy (non-hydrogen) atoms. The summed E-state index contributed by atoms with van der Waals surface area (Å²) in [6.45, 7) is 6.26. The number of aromatic nitrogens is 2. The van der Waals surface area contributed by atoms with Gasteiger partial charge in [0.25, 0.3) is 0 Å². The van der Waals surface area contributed by atoms with Crippen LogP contribution in [0.25, 0.3) is 0 Å². The highest BCUT2D eigenvalue weighted by Crippen LogP contribution is 2.14. The Labute approximate surface area is 89.7 Å². The number of ether oxygens (including phenoxy) is 1. The van der Waals surface area contributed by atoms with E-state index in [1.54, 1.807) is 13.1 Å². The molecule has 4 heteroatoms. The van der Waals surface area contributed by atoms with Gasteiger partial charge in [-0.15, -0.1) is 0 Å². The fraction of sp³-hybridized carbons (Fsp3) is 0.545. The van der Waals surface area contributed by atoms with Crippen molar-refractivity contribution in [2.24, 2.45) is 5.92 Å². The summed E-state index contributed by atoms with van der Waals surface area (Å²) in [5.41, 5.74) is 0.755. The van der Waals surface area contributed by atoms with Crippen LogP contribution in [0.2, 0.25) is 0 Å². The van der Waals surface area contributed by atoms with E-state index in [4.69, 9.17) is 4.74 Å². The van der Waals surface area contributed by atoms with E-state index in [-0.39, 0.29) is 5.78 Å². The standard InChI is InChI=1S/C11H16N2O2/c1-8(2)6-15-11-10(4-9(3)14)5-12-7-13-11/h5,7-8H,4,6H2,1-3H3. The molecule has 0 unspecified atom stereocenters. The minimum Gasteiger partial charge on any atom is -0.477 e. The van der Waals surface area contributed by atoms with E-state index < -0.39 is 0 Å². The van der Waals surface area contributed by atoms with Crippen molar-refractivity contribution >= 4 is 5.78 Å². The lowest BCUT2D eigenvalue weighted by atomic mass is 10.2. The van der Waals surface area contributed by atoms with Gasteiger partial charge in [0, 0.05) is 18.2 Å². The van der Waals surface area contributed by atoms with Gasteiger partial charge in [-0.2, -0.15) is 0 Å². The van der Waals surface area contributed by atoms with E-state index in [0.717, 1.165) is 5.56 Å². The first kappa shape index (κ1) is 11.6. The van der Waals surface area contributed by atoms with Gasteiger partial charge in [-0.25, -0.2) is 9.97 Å². The highest BCUT2D eigenvalue weighted by Gasteiger charge is 2.08. The van der Waals surface area contributed by atoms with Crippen LogP contribution in [0, 0.1) is 5.92 Å². The van der Waals surface area contributed by atoms with Crippen molar-refractivity contribution in [3.05, 3.63) is 18.1 Å². The molecule has 1 aromatic rings. The summed E-state index contributed by atoms with van der Waals surface area (Å²) in [6, 6.07) is 0. The second kappa shape index (κ2) is 5.44. The average molecular weight is 208 g/mol. The third kappa shape index (κ3) is 4.06. The van der Waals surface area contributed by atoms with E-state index in [2.05, 4.69) is 23.8 Å². The normalized spacial score (nSPS) is 10.4. The minimum absolute atomic E-state index is 0.0826. The van der Waals surface area contributed by atoms with E-state index in [1.807, 2.05) is 0 Å². The Bertz CT molecular complexity index is 337. The zero-order chi connectivity index (χ0) is 11.3. The van der Waals surface area contributed by atoms with E-state index >= 15 is 0 Å². The van der Waals surface area contributed by atoms with Crippen LogP contribution in [-0.2, 0) is 11.2 Å². The second-order valence-corrected chi connectivity index (χ2v) is 3.94. The number of ketones is 1. The Morgan fingerprint density at radius 3 is 2.87 bits per heavy atom. The van der Waals surface area contributed by atoms with Crippen molar-refractivity contribution in [3.63, 3.8) is 0 Å². The number of hydrogen-bond donors (Lipinski definition) is 0. The Morgan fingerprint density at radius 1 is 1.53 bits per heavy atom. The molecule has 1 heterocycles. The van der Waals surface area contributed by atoms with Crippen molar-refractivity contribution in [2.45, 2.75) is 27.2 Å². The monoisotopic (exact) mass is 208 g/mol. The highest BCUT2D eigenvalue weighted by atomic mass is 16.5. The van der Waals surface area contributed by atoms with Gasteiger partial charge in [0.2, 0.25) is 5.88 Å². The molecule has 0 saturated heterocycles. The Kier molecular flexibility index (Phi) is 4.21. The summed E-state index contributed by atoms with van der Waals surface area (Å²) >= 11 is 0. The van der Waals surface area contributed by atoms with Crippen LogP contribution >= 0.6 is 0 Å². The van der Waals surface area contributed by atoms with Crippen molar-refractivity contribution in [2.75, 3.05) is 6.61 Å². The molecule has 0 amide bonds. The van der Waals surface area contributed by atoms with Crippen LogP contribution in [0.3, 0.4) is 0 Å². The van der Waals surface area contributed by atoms with Crippen LogP contribution in [0.4, 0.5) is 0 Å². The van der Waals surface area contributed by atoms with E-state index in [9.17, 15) is 4.79 Å². The topological polar surface area (TPSA) is 52.1 Å². The average Bonchev–Trinajstić information content (AvgIpc) is 2.15. The lowest BCUT2D eigenvalue weighted by Gasteiger charge is -2.10. The molecular weight excluding hydrogens is 192 g/mol. The van der Waals surface area contributed by atoms with Crippen molar-refractivity contribution in [1.82, 2.24) is 9.97 Å². The SMILES string of the molecule is CC(=O)Cc1cncnc1OCC(C)C. The Balaban J connectivity index is 2.72. The van der Waals surface area contributed by atoms with Gasteiger partial charge in [0.1, 0.15) is 12.1 Å². The first-order chi connectivity index (χ1) is 7.09. The molecule has 0 aliphatic rings. The second-order valence-electron chi connectivity index (χ2n) is 3.94. The number of rotatable bonds is 5. The zero-order valence-corrected chi connectivity index (χ0v) is 9.36. The molecule has 4 nitrogen and oxygen atoms in total. The molecule has 0 saturated carbocycles. The first-order valence-corrected chi connectivity index (χ1v) is 5.00. The Hall–Kier alpha value is -1.45. The van der Waals surface area contributed by atoms with Crippen molar-refractivity contribution in [3.8, 4) is 5.88 Å². The molecule has 0 N–H and O–H groups in total. The number of carbonyl (C=O) groups is 1. The van der Waals surface area contributed by atoms with Gasteiger partial charge in [-0.1, -0.05) is 13.8 Å². The number of carbonyl (C=O) groups excluding carboxylic acids is 1. The van der Waals surface area contributed by atoms with Gasteiger partial charge in [-0.05, 0) is 12.8 Å². The number of hydrogen-bond acceptors (Lipinski definition) is 4. The molecular formula is C11H16N2O2. The largest absolute Gasteiger partial charge is 0.477 e. The minimum atomic E-state index is 0.0826. The van der Waals surface area contributed by atoms with E-state index in [1.165, 1.54) is 6.33 Å². The summed E-state index contributed by atoms with van der Waals surface area (Å²) in [5, 5.41) is 0. The van der Waals surface area contributed by atoms with Crippen molar-refractivity contribution in [1.29, 1.82) is 0 Å².